The summed E-state index contributed by atoms with van der Waals surface area (Å²) in [5.74, 6) is 0.885. The lowest BCUT2D eigenvalue weighted by Crippen LogP contribution is -2.45. The molecule has 7 heteroatoms. The summed E-state index contributed by atoms with van der Waals surface area (Å²) >= 11 is 1.99. The van der Waals surface area contributed by atoms with Crippen LogP contribution in [0.4, 0.5) is 0 Å². The number of benzene rings is 1. The molecule has 1 aromatic carbocycles. The van der Waals surface area contributed by atoms with E-state index in [2.05, 4.69) is 51.2 Å². The molecule has 0 amide bonds. The van der Waals surface area contributed by atoms with E-state index in [0.717, 1.165) is 23.4 Å². The van der Waals surface area contributed by atoms with Crippen molar-refractivity contribution in [2.75, 3.05) is 13.3 Å². The van der Waals surface area contributed by atoms with E-state index in [4.69, 9.17) is 0 Å². The van der Waals surface area contributed by atoms with E-state index in [-0.39, 0.29) is 24.0 Å². The van der Waals surface area contributed by atoms with Gasteiger partial charge in [-0.3, -0.25) is 4.99 Å². The van der Waals surface area contributed by atoms with E-state index in [1.807, 2.05) is 35.8 Å². The van der Waals surface area contributed by atoms with Gasteiger partial charge >= 0.3 is 0 Å². The van der Waals surface area contributed by atoms with E-state index in [9.17, 15) is 0 Å². The number of thioether (sulfide) groups is 1. The summed E-state index contributed by atoms with van der Waals surface area (Å²) in [6.07, 6.45) is 11.1. The Bertz CT molecular complexity index is 689. The van der Waals surface area contributed by atoms with E-state index < -0.39 is 0 Å². The lowest BCUT2D eigenvalue weighted by Gasteiger charge is -2.29. The van der Waals surface area contributed by atoms with Crippen molar-refractivity contribution < 1.29 is 0 Å². The maximum Gasteiger partial charge on any atom is 0.191 e. The highest BCUT2D eigenvalue weighted by Gasteiger charge is 2.21. The molecule has 142 valence electrons. The Morgan fingerprint density at radius 3 is 2.96 bits per heavy atom. The van der Waals surface area contributed by atoms with Gasteiger partial charge < -0.3 is 10.6 Å². The van der Waals surface area contributed by atoms with Crippen molar-refractivity contribution in [1.29, 1.82) is 0 Å². The summed E-state index contributed by atoms with van der Waals surface area (Å²) in [7, 11) is 1.84. The minimum absolute atomic E-state index is 0. The van der Waals surface area contributed by atoms with Crippen LogP contribution in [-0.4, -0.2) is 40.3 Å². The van der Waals surface area contributed by atoms with Crippen LogP contribution in [0, 0.1) is 0 Å². The van der Waals surface area contributed by atoms with Crippen molar-refractivity contribution in [1.82, 2.24) is 20.4 Å². The second-order valence-corrected chi connectivity index (χ2v) is 7.55. The molecule has 0 spiro atoms. The highest BCUT2D eigenvalue weighted by Crippen LogP contribution is 2.26. The molecule has 1 aliphatic rings. The first-order valence-electron chi connectivity index (χ1n) is 8.87. The number of hydrogen-bond donors (Lipinski definition) is 2. The van der Waals surface area contributed by atoms with Crippen molar-refractivity contribution in [2.24, 2.45) is 4.99 Å². The van der Waals surface area contributed by atoms with E-state index in [1.54, 1.807) is 6.20 Å². The van der Waals surface area contributed by atoms with Crippen LogP contribution in [0.5, 0.6) is 0 Å². The van der Waals surface area contributed by atoms with Gasteiger partial charge in [-0.2, -0.15) is 16.9 Å². The summed E-state index contributed by atoms with van der Waals surface area (Å²) in [6, 6.07) is 10.9. The number of guanidine groups is 1. The average Bonchev–Trinajstić information content (AvgIpc) is 3.20. The molecule has 3 rings (SSSR count). The van der Waals surface area contributed by atoms with Crippen LogP contribution in [0.25, 0.3) is 5.69 Å². The molecule has 2 aromatic rings. The monoisotopic (exact) mass is 485 g/mol. The lowest BCUT2D eigenvalue weighted by atomic mass is 9.95. The third-order valence-corrected chi connectivity index (χ3v) is 5.76. The maximum atomic E-state index is 4.39. The van der Waals surface area contributed by atoms with Crippen LogP contribution in [-0.2, 0) is 6.54 Å². The van der Waals surface area contributed by atoms with Crippen LogP contribution in [0.2, 0.25) is 0 Å². The molecule has 0 radical (unpaired) electrons. The van der Waals surface area contributed by atoms with Gasteiger partial charge in [0, 0.05) is 37.3 Å². The van der Waals surface area contributed by atoms with Gasteiger partial charge in [-0.05, 0) is 49.3 Å². The average molecular weight is 485 g/mol. The highest BCUT2D eigenvalue weighted by molar-refractivity contribution is 14.0. The number of aromatic nitrogens is 2. The van der Waals surface area contributed by atoms with Gasteiger partial charge in [0.2, 0.25) is 0 Å². The first-order valence-corrected chi connectivity index (χ1v) is 10.2. The van der Waals surface area contributed by atoms with Gasteiger partial charge in [0.15, 0.2) is 5.96 Å². The molecule has 1 saturated carbocycles. The Balaban J connectivity index is 0.00000243. The van der Waals surface area contributed by atoms with E-state index >= 15 is 0 Å². The SMILES string of the molecule is CN=C(NCc1cccc(-n2cccn2)c1)NC1CCCC(SC)C1.I. The number of rotatable bonds is 5. The van der Waals surface area contributed by atoms with Gasteiger partial charge in [0.1, 0.15) is 0 Å². The lowest BCUT2D eigenvalue weighted by molar-refractivity contribution is 0.419. The van der Waals surface area contributed by atoms with Crippen molar-refractivity contribution in [3.05, 3.63) is 48.3 Å². The zero-order valence-electron chi connectivity index (χ0n) is 15.4. The first kappa shape index (κ1) is 21.1. The Labute approximate surface area is 177 Å². The highest BCUT2D eigenvalue weighted by atomic mass is 127. The predicted octanol–water partition coefficient (Wildman–Crippen LogP) is 3.83. The molecule has 1 aromatic heterocycles. The van der Waals surface area contributed by atoms with Gasteiger partial charge in [-0.25, -0.2) is 4.68 Å². The molecule has 2 N–H and O–H groups in total. The minimum Gasteiger partial charge on any atom is -0.354 e. The quantitative estimate of drug-likeness (QED) is 0.384. The Kier molecular flexibility index (Phi) is 8.77. The molecule has 5 nitrogen and oxygen atoms in total. The largest absolute Gasteiger partial charge is 0.354 e. The zero-order chi connectivity index (χ0) is 17.5. The zero-order valence-corrected chi connectivity index (χ0v) is 18.5. The number of aliphatic imine (C=N–C) groups is 1. The van der Waals surface area contributed by atoms with Crippen molar-refractivity contribution in [2.45, 2.75) is 43.5 Å². The molecule has 2 atom stereocenters. The summed E-state index contributed by atoms with van der Waals surface area (Å²) in [5, 5.41) is 12.1. The van der Waals surface area contributed by atoms with Crippen molar-refractivity contribution in [3.8, 4) is 5.69 Å². The van der Waals surface area contributed by atoms with Crippen molar-refractivity contribution in [3.63, 3.8) is 0 Å². The number of hydrogen-bond acceptors (Lipinski definition) is 3. The molecule has 26 heavy (non-hydrogen) atoms. The molecule has 1 fully saturated rings. The summed E-state index contributed by atoms with van der Waals surface area (Å²) < 4.78 is 1.88. The second kappa shape index (κ2) is 10.8. The van der Waals surface area contributed by atoms with E-state index in [0.29, 0.717) is 6.04 Å². The maximum absolute atomic E-state index is 4.39. The molecule has 1 aliphatic carbocycles. The van der Waals surface area contributed by atoms with Crippen LogP contribution in [0.1, 0.15) is 31.2 Å². The normalized spacial score (nSPS) is 20.3. The van der Waals surface area contributed by atoms with Gasteiger partial charge in [-0.15, -0.1) is 24.0 Å². The Hall–Kier alpha value is -1.22. The van der Waals surface area contributed by atoms with Gasteiger partial charge in [-0.1, -0.05) is 18.6 Å². The Morgan fingerprint density at radius 2 is 2.23 bits per heavy atom. The molecule has 2 unspecified atom stereocenters. The minimum atomic E-state index is 0. The smallest absolute Gasteiger partial charge is 0.191 e. The first-order chi connectivity index (χ1) is 12.3. The van der Waals surface area contributed by atoms with Gasteiger partial charge in [0.05, 0.1) is 5.69 Å². The molecular formula is C19H28IN5S. The van der Waals surface area contributed by atoms with Crippen LogP contribution in [0.15, 0.2) is 47.7 Å². The third kappa shape index (κ3) is 5.90. The number of nitrogens with zero attached hydrogens (tertiary/aromatic N) is 3. The summed E-state index contributed by atoms with van der Waals surface area (Å²) in [4.78, 5) is 4.39. The summed E-state index contributed by atoms with van der Waals surface area (Å²) in [6.45, 7) is 0.744. The van der Waals surface area contributed by atoms with Crippen molar-refractivity contribution >= 4 is 41.7 Å². The fraction of sp³-hybridized carbons (Fsp3) is 0.474. The van der Waals surface area contributed by atoms with Crippen LogP contribution < -0.4 is 10.6 Å². The Morgan fingerprint density at radius 1 is 1.35 bits per heavy atom. The molecular weight excluding hydrogens is 457 g/mol. The molecule has 0 saturated heterocycles. The predicted molar refractivity (Wildman–Crippen MR) is 122 cm³/mol. The van der Waals surface area contributed by atoms with Crippen LogP contribution in [0.3, 0.4) is 0 Å². The molecule has 0 aliphatic heterocycles. The van der Waals surface area contributed by atoms with Gasteiger partial charge in [0.25, 0.3) is 0 Å². The number of halogens is 1. The second-order valence-electron chi connectivity index (χ2n) is 6.41. The molecule has 1 heterocycles. The third-order valence-electron chi connectivity index (χ3n) is 4.66. The van der Waals surface area contributed by atoms with E-state index in [1.165, 1.54) is 31.2 Å². The summed E-state index contributed by atoms with van der Waals surface area (Å²) in [5.41, 5.74) is 2.28. The fourth-order valence-electron chi connectivity index (χ4n) is 3.29. The van der Waals surface area contributed by atoms with Crippen LogP contribution >= 0.6 is 35.7 Å². The molecule has 0 bridgehead atoms. The standard InChI is InChI=1S/C19H27N5S.HI/c1-20-19(23-16-7-4-9-18(13-16)25-2)21-14-15-6-3-8-17(12-15)24-11-5-10-22-24;/h3,5-6,8,10-12,16,18H,4,7,9,13-14H2,1-2H3,(H2,20,21,23);1H. The number of nitrogens with one attached hydrogen (secondary N) is 2. The topological polar surface area (TPSA) is 54.2 Å². The fourth-order valence-corrected chi connectivity index (χ4v) is 4.12.